The highest BCUT2D eigenvalue weighted by atomic mass is 16.5. The Labute approximate surface area is 124 Å². The Bertz CT molecular complexity index is 800. The molecule has 0 radical (unpaired) electrons. The molecule has 0 aliphatic rings. The summed E-state index contributed by atoms with van der Waals surface area (Å²) in [4.78, 5) is 27.2. The van der Waals surface area contributed by atoms with Crippen molar-refractivity contribution in [2.75, 3.05) is 7.11 Å². The molecular weight excluding hydrogens is 288 g/mol. The van der Waals surface area contributed by atoms with Crippen LogP contribution in [0.5, 0.6) is 5.88 Å². The average Bonchev–Trinajstić information content (AvgIpc) is 3.01. The fraction of sp³-hybridized carbons (Fsp3) is 0.0769. The lowest BCUT2D eigenvalue weighted by Gasteiger charge is -2.05. The van der Waals surface area contributed by atoms with E-state index in [9.17, 15) is 4.79 Å². The third kappa shape index (κ3) is 2.46. The Balaban J connectivity index is 2.14. The van der Waals surface area contributed by atoms with Crippen LogP contribution in [0, 0.1) is 0 Å². The topological polar surface area (TPSA) is 116 Å². The smallest absolute Gasteiger partial charge is 0.375 e. The van der Waals surface area contributed by atoms with Gasteiger partial charge in [-0.25, -0.2) is 19.4 Å². The number of pyridine rings is 1. The molecule has 0 atom stereocenters. The molecule has 0 saturated carbocycles. The highest BCUT2D eigenvalue weighted by molar-refractivity contribution is 5.83. The van der Waals surface area contributed by atoms with E-state index in [1.807, 2.05) is 0 Å². The molecule has 3 rings (SSSR count). The molecule has 3 aromatic rings. The van der Waals surface area contributed by atoms with Gasteiger partial charge < -0.3 is 9.84 Å². The summed E-state index contributed by atoms with van der Waals surface area (Å²) in [6.45, 7) is 0. The largest absolute Gasteiger partial charge is 0.481 e. The number of hydrogen-bond acceptors (Lipinski definition) is 7. The van der Waals surface area contributed by atoms with Gasteiger partial charge in [0.25, 0.3) is 5.82 Å². The van der Waals surface area contributed by atoms with Crippen LogP contribution >= 0.6 is 0 Å². The Morgan fingerprint density at radius 2 is 2.09 bits per heavy atom. The SMILES string of the molecule is COc1ccc(-n2nc(C(=O)O)nc2-c2cnccn2)cn1. The van der Waals surface area contributed by atoms with Gasteiger partial charge in [0.05, 0.1) is 25.2 Å². The van der Waals surface area contributed by atoms with Crippen molar-refractivity contribution >= 4 is 5.97 Å². The first-order valence-electron chi connectivity index (χ1n) is 6.16. The maximum atomic E-state index is 11.1. The monoisotopic (exact) mass is 298 g/mol. The van der Waals surface area contributed by atoms with E-state index >= 15 is 0 Å². The molecule has 0 spiro atoms. The van der Waals surface area contributed by atoms with Gasteiger partial charge in [-0.1, -0.05) is 0 Å². The minimum Gasteiger partial charge on any atom is -0.481 e. The molecule has 0 fully saturated rings. The molecular formula is C13H10N6O3. The lowest BCUT2D eigenvalue weighted by molar-refractivity contribution is 0.0683. The van der Waals surface area contributed by atoms with Crippen LogP contribution in [-0.4, -0.2) is 47.9 Å². The normalized spacial score (nSPS) is 10.4. The van der Waals surface area contributed by atoms with Crippen molar-refractivity contribution in [3.05, 3.63) is 42.7 Å². The van der Waals surface area contributed by atoms with E-state index in [1.54, 1.807) is 12.1 Å². The fourth-order valence-electron chi connectivity index (χ4n) is 1.78. The quantitative estimate of drug-likeness (QED) is 0.752. The number of hydrogen-bond donors (Lipinski definition) is 1. The summed E-state index contributed by atoms with van der Waals surface area (Å²) in [5, 5.41) is 13.1. The second kappa shape index (κ2) is 5.56. The molecule has 0 aliphatic carbocycles. The van der Waals surface area contributed by atoms with E-state index in [2.05, 4.69) is 25.0 Å². The zero-order valence-electron chi connectivity index (χ0n) is 11.4. The molecule has 110 valence electrons. The zero-order chi connectivity index (χ0) is 15.5. The summed E-state index contributed by atoms with van der Waals surface area (Å²) in [5.41, 5.74) is 0.930. The average molecular weight is 298 g/mol. The van der Waals surface area contributed by atoms with E-state index in [0.717, 1.165) is 0 Å². The second-order valence-electron chi connectivity index (χ2n) is 4.13. The summed E-state index contributed by atoms with van der Waals surface area (Å²) < 4.78 is 6.34. The van der Waals surface area contributed by atoms with Gasteiger partial charge in [-0.3, -0.25) is 4.98 Å². The first-order chi connectivity index (χ1) is 10.7. The predicted molar refractivity (Wildman–Crippen MR) is 73.7 cm³/mol. The highest BCUT2D eigenvalue weighted by Crippen LogP contribution is 2.19. The molecule has 0 unspecified atom stereocenters. The number of carboxylic acids is 1. The van der Waals surface area contributed by atoms with E-state index in [0.29, 0.717) is 17.3 Å². The minimum atomic E-state index is -1.23. The van der Waals surface area contributed by atoms with E-state index in [4.69, 9.17) is 9.84 Å². The van der Waals surface area contributed by atoms with Crippen LogP contribution in [0.15, 0.2) is 36.9 Å². The van der Waals surface area contributed by atoms with Crippen LogP contribution in [0.2, 0.25) is 0 Å². The fourth-order valence-corrected chi connectivity index (χ4v) is 1.78. The van der Waals surface area contributed by atoms with E-state index < -0.39 is 5.97 Å². The van der Waals surface area contributed by atoms with Crippen molar-refractivity contribution in [1.29, 1.82) is 0 Å². The van der Waals surface area contributed by atoms with Crippen LogP contribution in [0.25, 0.3) is 17.2 Å². The van der Waals surface area contributed by atoms with E-state index in [1.165, 1.54) is 36.6 Å². The Morgan fingerprint density at radius 3 is 2.68 bits per heavy atom. The van der Waals surface area contributed by atoms with E-state index in [-0.39, 0.29) is 11.6 Å². The van der Waals surface area contributed by atoms with Gasteiger partial charge in [-0.2, -0.15) is 4.98 Å². The molecule has 0 aromatic carbocycles. The second-order valence-corrected chi connectivity index (χ2v) is 4.13. The number of methoxy groups -OCH3 is 1. The molecule has 9 nitrogen and oxygen atoms in total. The van der Waals surface area contributed by atoms with Gasteiger partial charge >= 0.3 is 5.97 Å². The first kappa shape index (κ1) is 13.6. The van der Waals surface area contributed by atoms with Gasteiger partial charge in [0.2, 0.25) is 5.88 Å². The summed E-state index contributed by atoms with van der Waals surface area (Å²) in [6.07, 6.45) is 5.97. The Morgan fingerprint density at radius 1 is 1.23 bits per heavy atom. The predicted octanol–water partition coefficient (Wildman–Crippen LogP) is 0.826. The lowest BCUT2D eigenvalue weighted by Crippen LogP contribution is -2.03. The van der Waals surface area contributed by atoms with Gasteiger partial charge in [0.1, 0.15) is 5.69 Å². The Kier molecular flexibility index (Phi) is 3.44. The van der Waals surface area contributed by atoms with Crippen LogP contribution in [0.3, 0.4) is 0 Å². The van der Waals surface area contributed by atoms with Gasteiger partial charge in [-0.05, 0) is 6.07 Å². The van der Waals surface area contributed by atoms with Crippen molar-refractivity contribution in [1.82, 2.24) is 29.7 Å². The summed E-state index contributed by atoms with van der Waals surface area (Å²) in [7, 11) is 1.50. The molecule has 0 amide bonds. The van der Waals surface area contributed by atoms with Gasteiger partial charge in [0.15, 0.2) is 5.82 Å². The molecule has 1 N–H and O–H groups in total. The van der Waals surface area contributed by atoms with Crippen molar-refractivity contribution in [2.24, 2.45) is 0 Å². The number of carboxylic acid groups (broad SMARTS) is 1. The van der Waals surface area contributed by atoms with Crippen LogP contribution in [0.4, 0.5) is 0 Å². The summed E-state index contributed by atoms with van der Waals surface area (Å²) in [6, 6.07) is 3.32. The summed E-state index contributed by atoms with van der Waals surface area (Å²) >= 11 is 0. The summed E-state index contributed by atoms with van der Waals surface area (Å²) in [5.74, 6) is -0.873. The molecule has 0 bridgehead atoms. The maximum absolute atomic E-state index is 11.1. The molecule has 3 aromatic heterocycles. The number of rotatable bonds is 4. The van der Waals surface area contributed by atoms with Crippen LogP contribution in [0.1, 0.15) is 10.6 Å². The highest BCUT2D eigenvalue weighted by Gasteiger charge is 2.19. The minimum absolute atomic E-state index is 0.262. The standard InChI is InChI=1S/C13H10N6O3/c1-22-10-3-2-8(6-16-10)19-12(9-7-14-4-5-15-9)17-11(18-19)13(20)21/h2-7H,1H3,(H,20,21). The third-order valence-corrected chi connectivity index (χ3v) is 2.77. The molecule has 9 heteroatoms. The molecule has 22 heavy (non-hydrogen) atoms. The lowest BCUT2D eigenvalue weighted by atomic mass is 10.3. The van der Waals surface area contributed by atoms with Gasteiger partial charge in [0, 0.05) is 18.5 Å². The van der Waals surface area contributed by atoms with Crippen molar-refractivity contribution in [3.63, 3.8) is 0 Å². The number of aromatic carboxylic acids is 1. The third-order valence-electron chi connectivity index (χ3n) is 2.77. The number of nitrogens with zero attached hydrogens (tertiary/aromatic N) is 6. The number of aromatic nitrogens is 6. The molecule has 3 heterocycles. The van der Waals surface area contributed by atoms with Crippen molar-refractivity contribution in [3.8, 4) is 23.1 Å². The first-order valence-corrected chi connectivity index (χ1v) is 6.16. The molecule has 0 saturated heterocycles. The van der Waals surface area contributed by atoms with Crippen LogP contribution in [-0.2, 0) is 0 Å². The maximum Gasteiger partial charge on any atom is 0.375 e. The molecule has 0 aliphatic heterocycles. The number of ether oxygens (including phenoxy) is 1. The van der Waals surface area contributed by atoms with Gasteiger partial charge in [-0.15, -0.1) is 5.10 Å². The van der Waals surface area contributed by atoms with Crippen molar-refractivity contribution in [2.45, 2.75) is 0 Å². The van der Waals surface area contributed by atoms with Crippen LogP contribution < -0.4 is 4.74 Å². The van der Waals surface area contributed by atoms with Crippen molar-refractivity contribution < 1.29 is 14.6 Å². The number of carbonyl (C=O) groups is 1. The zero-order valence-corrected chi connectivity index (χ0v) is 11.4. The Hall–Kier alpha value is -3.36.